The van der Waals surface area contributed by atoms with Gasteiger partial charge in [-0.2, -0.15) is 0 Å². The van der Waals surface area contributed by atoms with E-state index >= 15 is 0 Å². The monoisotopic (exact) mass is 343 g/mol. The van der Waals surface area contributed by atoms with Gasteiger partial charge < -0.3 is 10.6 Å². The van der Waals surface area contributed by atoms with E-state index in [1.54, 1.807) is 18.0 Å². The normalized spacial score (nSPS) is 20.2. The smallest absolute Gasteiger partial charge is 0.239 e. The zero-order valence-electron chi connectivity index (χ0n) is 10.9. The summed E-state index contributed by atoms with van der Waals surface area (Å²) in [6, 6.07) is 2.82. The molecular formula is C13H15BrFN3O2. The Morgan fingerprint density at radius 1 is 1.60 bits per heavy atom. The van der Waals surface area contributed by atoms with Crippen LogP contribution in [0.3, 0.4) is 0 Å². The van der Waals surface area contributed by atoms with Crippen LogP contribution in [0.15, 0.2) is 22.7 Å². The number of hydrogen-bond acceptors (Lipinski definition) is 3. The topological polar surface area (TPSA) is 75.4 Å². The molecule has 2 unspecified atom stereocenters. The van der Waals surface area contributed by atoms with Crippen molar-refractivity contribution in [2.75, 3.05) is 13.6 Å². The molecule has 3 N–H and O–H groups in total. The number of nitrogens with two attached hydrogens (primary N) is 1. The molecule has 1 aromatic rings. The molecule has 2 amide bonds. The molecule has 108 valence electrons. The molecule has 1 heterocycles. The zero-order chi connectivity index (χ0) is 14.9. The van der Waals surface area contributed by atoms with Crippen molar-refractivity contribution in [3.63, 3.8) is 0 Å². The first-order valence-electron chi connectivity index (χ1n) is 6.15. The van der Waals surface area contributed by atoms with Crippen LogP contribution in [0, 0.1) is 5.82 Å². The molecule has 1 fully saturated rings. The molecule has 5 nitrogen and oxygen atoms in total. The molecule has 1 aromatic carbocycles. The maximum atomic E-state index is 13.9. The van der Waals surface area contributed by atoms with E-state index in [0.717, 1.165) is 0 Å². The maximum absolute atomic E-state index is 13.9. The lowest BCUT2D eigenvalue weighted by atomic mass is 10.0. The van der Waals surface area contributed by atoms with Gasteiger partial charge in [-0.05, 0) is 18.6 Å². The number of likely N-dealkylation sites (tertiary alicyclic amines) is 1. The summed E-state index contributed by atoms with van der Waals surface area (Å²) in [6.45, 7) is 0.602. The number of primary amides is 1. The second kappa shape index (κ2) is 5.88. The summed E-state index contributed by atoms with van der Waals surface area (Å²) in [5.74, 6) is -1.38. The summed E-state index contributed by atoms with van der Waals surface area (Å²) in [6.07, 6.45) is 0.567. The molecule has 20 heavy (non-hydrogen) atoms. The van der Waals surface area contributed by atoms with Gasteiger partial charge in [0.25, 0.3) is 0 Å². The van der Waals surface area contributed by atoms with Crippen molar-refractivity contribution in [2.45, 2.75) is 18.5 Å². The third-order valence-electron chi connectivity index (χ3n) is 3.35. The molecule has 2 atom stereocenters. The Kier molecular flexibility index (Phi) is 4.39. The van der Waals surface area contributed by atoms with Gasteiger partial charge >= 0.3 is 0 Å². The number of likely N-dealkylation sites (N-methyl/N-ethyl adjacent to an activating group) is 1. The Morgan fingerprint density at radius 3 is 2.80 bits per heavy atom. The molecule has 0 aromatic heterocycles. The van der Waals surface area contributed by atoms with Gasteiger partial charge in [-0.1, -0.05) is 22.0 Å². The summed E-state index contributed by atoms with van der Waals surface area (Å²) >= 11 is 3.15. The lowest BCUT2D eigenvalue weighted by Gasteiger charge is -2.20. The van der Waals surface area contributed by atoms with E-state index in [-0.39, 0.29) is 11.5 Å². The van der Waals surface area contributed by atoms with Crippen LogP contribution >= 0.6 is 15.9 Å². The van der Waals surface area contributed by atoms with Crippen LogP contribution < -0.4 is 11.1 Å². The molecule has 0 radical (unpaired) electrons. The molecular weight excluding hydrogens is 329 g/mol. The Bertz CT molecular complexity index is 552. The highest BCUT2D eigenvalue weighted by Crippen LogP contribution is 2.23. The van der Waals surface area contributed by atoms with Gasteiger partial charge in [-0.3, -0.25) is 14.9 Å². The summed E-state index contributed by atoms with van der Waals surface area (Å²) < 4.78 is 14.5. The van der Waals surface area contributed by atoms with Gasteiger partial charge in [0, 0.05) is 23.6 Å². The molecule has 0 spiro atoms. The third-order valence-corrected chi connectivity index (χ3v) is 3.85. The standard InChI is InChI=1S/C13H15BrFN3O2/c1-18-5-4-10(13(18)20)17-11(12(16)19)8-3-2-7(14)6-9(8)15/h2-3,6,10-11,17H,4-5H2,1H3,(H2,16,19). The predicted molar refractivity (Wildman–Crippen MR) is 75.2 cm³/mol. The lowest BCUT2D eigenvalue weighted by Crippen LogP contribution is -2.44. The van der Waals surface area contributed by atoms with Gasteiger partial charge in [0.1, 0.15) is 11.9 Å². The van der Waals surface area contributed by atoms with Crippen molar-refractivity contribution in [1.29, 1.82) is 0 Å². The second-order valence-corrected chi connectivity index (χ2v) is 5.68. The number of halogens is 2. The fourth-order valence-electron chi connectivity index (χ4n) is 2.24. The van der Waals surface area contributed by atoms with E-state index < -0.39 is 23.8 Å². The molecule has 1 aliphatic rings. The number of nitrogens with zero attached hydrogens (tertiary/aromatic N) is 1. The van der Waals surface area contributed by atoms with Crippen molar-refractivity contribution in [3.8, 4) is 0 Å². The van der Waals surface area contributed by atoms with E-state index in [2.05, 4.69) is 21.2 Å². The van der Waals surface area contributed by atoms with E-state index in [1.807, 2.05) is 0 Å². The van der Waals surface area contributed by atoms with E-state index in [4.69, 9.17) is 5.73 Å². The predicted octanol–water partition coefficient (Wildman–Crippen LogP) is 0.935. The molecule has 7 heteroatoms. The van der Waals surface area contributed by atoms with E-state index in [1.165, 1.54) is 12.1 Å². The van der Waals surface area contributed by atoms with Gasteiger partial charge in [-0.25, -0.2) is 4.39 Å². The molecule has 2 rings (SSSR count). The summed E-state index contributed by atoms with van der Waals surface area (Å²) in [7, 11) is 1.68. The summed E-state index contributed by atoms with van der Waals surface area (Å²) in [5.41, 5.74) is 5.47. The summed E-state index contributed by atoms with van der Waals surface area (Å²) in [5, 5.41) is 2.85. The van der Waals surface area contributed by atoms with Crippen molar-refractivity contribution in [2.24, 2.45) is 5.73 Å². The van der Waals surface area contributed by atoms with Crippen LogP contribution in [-0.4, -0.2) is 36.3 Å². The quantitative estimate of drug-likeness (QED) is 0.854. The Morgan fingerprint density at radius 2 is 2.30 bits per heavy atom. The van der Waals surface area contributed by atoms with Crippen molar-refractivity contribution in [1.82, 2.24) is 10.2 Å². The number of amides is 2. The highest BCUT2D eigenvalue weighted by atomic mass is 79.9. The minimum Gasteiger partial charge on any atom is -0.368 e. The Hall–Kier alpha value is -1.47. The van der Waals surface area contributed by atoms with Gasteiger partial charge in [0.05, 0.1) is 6.04 Å². The Labute approximate surface area is 124 Å². The molecule has 0 saturated carbocycles. The highest BCUT2D eigenvalue weighted by Gasteiger charge is 2.33. The minimum atomic E-state index is -1.02. The van der Waals surface area contributed by atoms with Crippen LogP contribution in [0.2, 0.25) is 0 Å². The number of rotatable bonds is 4. The maximum Gasteiger partial charge on any atom is 0.239 e. The second-order valence-electron chi connectivity index (χ2n) is 4.77. The van der Waals surface area contributed by atoms with Gasteiger partial charge in [0.15, 0.2) is 0 Å². The van der Waals surface area contributed by atoms with Crippen LogP contribution in [0.4, 0.5) is 4.39 Å². The fraction of sp³-hybridized carbons (Fsp3) is 0.385. The van der Waals surface area contributed by atoms with E-state index in [0.29, 0.717) is 17.4 Å². The average Bonchev–Trinajstić information content (AvgIpc) is 2.68. The van der Waals surface area contributed by atoms with Crippen molar-refractivity contribution in [3.05, 3.63) is 34.1 Å². The zero-order valence-corrected chi connectivity index (χ0v) is 12.5. The molecule has 1 saturated heterocycles. The largest absolute Gasteiger partial charge is 0.368 e. The van der Waals surface area contributed by atoms with Crippen molar-refractivity contribution >= 4 is 27.7 Å². The number of carbonyl (C=O) groups excluding carboxylic acids is 2. The molecule has 1 aliphatic heterocycles. The van der Waals surface area contributed by atoms with Crippen LogP contribution in [0.5, 0.6) is 0 Å². The van der Waals surface area contributed by atoms with Crippen LogP contribution in [-0.2, 0) is 9.59 Å². The first-order valence-corrected chi connectivity index (χ1v) is 6.94. The van der Waals surface area contributed by atoms with Crippen LogP contribution in [0.1, 0.15) is 18.0 Å². The first kappa shape index (κ1) is 14.9. The van der Waals surface area contributed by atoms with Crippen molar-refractivity contribution < 1.29 is 14.0 Å². The number of hydrogen-bond donors (Lipinski definition) is 2. The third kappa shape index (κ3) is 2.99. The average molecular weight is 344 g/mol. The van der Waals surface area contributed by atoms with E-state index in [9.17, 15) is 14.0 Å². The molecule has 0 bridgehead atoms. The fourth-order valence-corrected chi connectivity index (χ4v) is 2.57. The summed E-state index contributed by atoms with van der Waals surface area (Å²) in [4.78, 5) is 25.0. The minimum absolute atomic E-state index is 0.117. The molecule has 0 aliphatic carbocycles. The first-order chi connectivity index (χ1) is 9.40. The highest BCUT2D eigenvalue weighted by molar-refractivity contribution is 9.10. The Balaban J connectivity index is 2.24. The number of nitrogens with one attached hydrogen (secondary N) is 1. The number of benzene rings is 1. The lowest BCUT2D eigenvalue weighted by molar-refractivity contribution is -0.128. The number of carbonyl (C=O) groups is 2. The SMILES string of the molecule is CN1CCC(NC(C(N)=O)c2ccc(Br)cc2F)C1=O. The van der Waals surface area contributed by atoms with Gasteiger partial charge in [0.2, 0.25) is 11.8 Å². The van der Waals surface area contributed by atoms with Crippen LogP contribution in [0.25, 0.3) is 0 Å². The van der Waals surface area contributed by atoms with Gasteiger partial charge in [-0.15, -0.1) is 0 Å².